The Bertz CT molecular complexity index is 761. The van der Waals surface area contributed by atoms with Crippen molar-refractivity contribution < 1.29 is 14.3 Å². The third kappa shape index (κ3) is 2.45. The van der Waals surface area contributed by atoms with Crippen molar-refractivity contribution >= 4 is 11.9 Å². The molecule has 0 aliphatic heterocycles. The van der Waals surface area contributed by atoms with Gasteiger partial charge in [-0.15, -0.1) is 0 Å². The number of carbonyl (C=O) groups excluding carboxylic acids is 2. The average Bonchev–Trinajstić information content (AvgIpc) is 3.02. The Labute approximate surface area is 181 Å². The molecular weight excluding hydrogens is 374 g/mol. The van der Waals surface area contributed by atoms with Crippen molar-refractivity contribution in [2.75, 3.05) is 14.2 Å². The summed E-state index contributed by atoms with van der Waals surface area (Å²) in [6, 6.07) is 0. The highest BCUT2D eigenvalue weighted by atomic mass is 16.5. The smallest absolute Gasteiger partial charge is 0.312 e. The number of amides is 1. The second-order valence-corrected chi connectivity index (χ2v) is 12.5. The van der Waals surface area contributed by atoms with Gasteiger partial charge in [0, 0.05) is 13.0 Å². The zero-order valence-corrected chi connectivity index (χ0v) is 18.9. The number of methoxy groups -OCH3 is 1. The SMILES string of the molecule is CNC(=O)C1CC2CC3CC(C45CC6CCCC(C(=O)OC)(C4)C(C6)C5)(C2)CC3C1. The third-order valence-electron chi connectivity index (χ3n) is 11.4. The van der Waals surface area contributed by atoms with E-state index in [1.165, 1.54) is 57.8 Å². The monoisotopic (exact) mass is 413 g/mol. The number of nitrogens with one attached hydrogen (secondary N) is 1. The lowest BCUT2D eigenvalue weighted by atomic mass is 9.50. The van der Waals surface area contributed by atoms with Crippen LogP contribution in [0.4, 0.5) is 0 Å². The first-order valence-electron chi connectivity index (χ1n) is 12.7. The van der Waals surface area contributed by atoms with Crippen LogP contribution in [0, 0.1) is 51.8 Å². The van der Waals surface area contributed by atoms with Crippen molar-refractivity contribution in [2.24, 2.45) is 51.8 Å². The van der Waals surface area contributed by atoms with Gasteiger partial charge < -0.3 is 10.1 Å². The summed E-state index contributed by atoms with van der Waals surface area (Å²) in [6.45, 7) is 0. The van der Waals surface area contributed by atoms with Crippen LogP contribution in [0.2, 0.25) is 0 Å². The molecular formula is C26H39NO3. The summed E-state index contributed by atoms with van der Waals surface area (Å²) < 4.78 is 5.47. The average molecular weight is 414 g/mol. The van der Waals surface area contributed by atoms with Crippen LogP contribution in [0.5, 0.6) is 0 Å². The first kappa shape index (κ1) is 19.6. The van der Waals surface area contributed by atoms with Gasteiger partial charge in [0.1, 0.15) is 0 Å². The summed E-state index contributed by atoms with van der Waals surface area (Å²) in [6.07, 6.45) is 16.2. The van der Waals surface area contributed by atoms with Crippen LogP contribution in [-0.4, -0.2) is 26.0 Å². The summed E-state index contributed by atoms with van der Waals surface area (Å²) in [4.78, 5) is 25.7. The lowest BCUT2D eigenvalue weighted by molar-refractivity contribution is -0.156. The van der Waals surface area contributed by atoms with Crippen LogP contribution in [0.25, 0.3) is 0 Å². The van der Waals surface area contributed by atoms with E-state index in [9.17, 15) is 9.59 Å². The van der Waals surface area contributed by atoms with Gasteiger partial charge in [0.15, 0.2) is 0 Å². The van der Waals surface area contributed by atoms with Gasteiger partial charge in [-0.3, -0.25) is 9.59 Å². The minimum atomic E-state index is -0.190. The minimum absolute atomic E-state index is 0.110. The van der Waals surface area contributed by atoms with Crippen molar-refractivity contribution in [2.45, 2.75) is 83.5 Å². The standard InChI is InChI=1S/C26H39NO3/c1-27-22(28)18-6-17-7-19-12-24(11-17,13-20(19)9-18)25-10-16-4-3-5-26(15-25,23(29)30-2)21(8-16)14-25/h16-21H,3-15H2,1-2H3,(H,27,28). The maximum Gasteiger partial charge on any atom is 0.312 e. The van der Waals surface area contributed by atoms with E-state index in [-0.39, 0.29) is 23.2 Å². The summed E-state index contributed by atoms with van der Waals surface area (Å²) in [5.41, 5.74) is 0.605. The van der Waals surface area contributed by atoms with Crippen LogP contribution in [-0.2, 0) is 14.3 Å². The summed E-state index contributed by atoms with van der Waals surface area (Å²) >= 11 is 0. The molecule has 0 saturated heterocycles. The molecule has 0 aromatic carbocycles. The summed E-state index contributed by atoms with van der Waals surface area (Å²) in [5.74, 6) is 4.25. The molecule has 0 aromatic rings. The fraction of sp³-hybridized carbons (Fsp3) is 0.923. The highest BCUT2D eigenvalue weighted by Crippen LogP contribution is 2.77. The Balaban J connectivity index is 1.36. The minimum Gasteiger partial charge on any atom is -0.469 e. The van der Waals surface area contributed by atoms with Crippen molar-refractivity contribution in [3.63, 3.8) is 0 Å². The zero-order chi connectivity index (χ0) is 20.7. The number of carbonyl (C=O) groups is 2. The Hall–Kier alpha value is -1.06. The molecule has 6 bridgehead atoms. The molecule has 6 rings (SSSR count). The highest BCUT2D eigenvalue weighted by Gasteiger charge is 2.71. The zero-order valence-electron chi connectivity index (χ0n) is 18.9. The molecule has 166 valence electrons. The fourth-order valence-electron chi connectivity index (χ4n) is 10.7. The van der Waals surface area contributed by atoms with Crippen LogP contribution in [0.15, 0.2) is 0 Å². The fourth-order valence-corrected chi connectivity index (χ4v) is 10.7. The molecule has 1 N–H and O–H groups in total. The largest absolute Gasteiger partial charge is 0.469 e. The van der Waals surface area contributed by atoms with E-state index in [1.54, 1.807) is 14.2 Å². The Morgan fingerprint density at radius 3 is 2.43 bits per heavy atom. The van der Waals surface area contributed by atoms with Gasteiger partial charge >= 0.3 is 5.97 Å². The second-order valence-electron chi connectivity index (χ2n) is 12.5. The number of hydrogen-bond donors (Lipinski definition) is 1. The van der Waals surface area contributed by atoms with Crippen LogP contribution < -0.4 is 5.32 Å². The molecule has 9 unspecified atom stereocenters. The predicted octanol–water partition coefficient (Wildman–Crippen LogP) is 4.71. The maximum atomic E-state index is 13.2. The summed E-state index contributed by atoms with van der Waals surface area (Å²) in [5, 5.41) is 2.94. The van der Waals surface area contributed by atoms with Crippen molar-refractivity contribution in [3.8, 4) is 0 Å². The van der Waals surface area contributed by atoms with Crippen molar-refractivity contribution in [3.05, 3.63) is 0 Å². The Morgan fingerprint density at radius 2 is 1.67 bits per heavy atom. The lowest BCUT2D eigenvalue weighted by Gasteiger charge is -2.55. The topological polar surface area (TPSA) is 55.4 Å². The lowest BCUT2D eigenvalue weighted by Crippen LogP contribution is -2.46. The van der Waals surface area contributed by atoms with E-state index in [0.717, 1.165) is 43.4 Å². The number of fused-ring (bicyclic) bond motifs is 5. The summed E-state index contributed by atoms with van der Waals surface area (Å²) in [7, 11) is 3.41. The molecule has 6 aliphatic rings. The molecule has 4 nitrogen and oxygen atoms in total. The molecule has 6 saturated carbocycles. The molecule has 0 radical (unpaired) electrons. The van der Waals surface area contributed by atoms with Crippen LogP contribution >= 0.6 is 0 Å². The predicted molar refractivity (Wildman–Crippen MR) is 114 cm³/mol. The molecule has 1 amide bonds. The molecule has 6 aliphatic carbocycles. The van der Waals surface area contributed by atoms with E-state index in [2.05, 4.69) is 5.32 Å². The molecule has 6 fully saturated rings. The van der Waals surface area contributed by atoms with E-state index < -0.39 is 0 Å². The number of hydrogen-bond acceptors (Lipinski definition) is 3. The van der Waals surface area contributed by atoms with Crippen molar-refractivity contribution in [1.29, 1.82) is 0 Å². The number of esters is 1. The molecule has 9 atom stereocenters. The first-order valence-corrected chi connectivity index (χ1v) is 12.7. The second kappa shape index (κ2) is 6.48. The molecule has 30 heavy (non-hydrogen) atoms. The molecule has 0 spiro atoms. The quantitative estimate of drug-likeness (QED) is 0.682. The van der Waals surface area contributed by atoms with Gasteiger partial charge in [0.2, 0.25) is 5.91 Å². The van der Waals surface area contributed by atoms with Gasteiger partial charge in [0.25, 0.3) is 0 Å². The van der Waals surface area contributed by atoms with E-state index in [4.69, 9.17) is 4.74 Å². The van der Waals surface area contributed by atoms with Crippen LogP contribution in [0.1, 0.15) is 83.5 Å². The molecule has 0 heterocycles. The van der Waals surface area contributed by atoms with Gasteiger partial charge in [-0.1, -0.05) is 12.8 Å². The van der Waals surface area contributed by atoms with E-state index >= 15 is 0 Å². The van der Waals surface area contributed by atoms with Crippen LogP contribution in [0.3, 0.4) is 0 Å². The van der Waals surface area contributed by atoms with Gasteiger partial charge in [-0.2, -0.15) is 0 Å². The van der Waals surface area contributed by atoms with Crippen molar-refractivity contribution in [1.82, 2.24) is 5.32 Å². The number of ether oxygens (including phenoxy) is 1. The Morgan fingerprint density at radius 1 is 0.900 bits per heavy atom. The van der Waals surface area contributed by atoms with Gasteiger partial charge in [-0.25, -0.2) is 0 Å². The normalized spacial score (nSPS) is 53.3. The number of rotatable bonds is 3. The Kier molecular flexibility index (Phi) is 4.24. The van der Waals surface area contributed by atoms with E-state index in [1.807, 2.05) is 0 Å². The third-order valence-corrected chi connectivity index (χ3v) is 11.4. The molecule has 4 heteroatoms. The highest BCUT2D eigenvalue weighted by molar-refractivity contribution is 5.79. The molecule has 0 aromatic heterocycles. The van der Waals surface area contributed by atoms with Gasteiger partial charge in [-0.05, 0) is 111 Å². The van der Waals surface area contributed by atoms with E-state index in [0.29, 0.717) is 22.7 Å². The first-order chi connectivity index (χ1) is 14.4. The van der Waals surface area contributed by atoms with Gasteiger partial charge in [0.05, 0.1) is 12.5 Å². The maximum absolute atomic E-state index is 13.2.